The second kappa shape index (κ2) is 5.53. The highest BCUT2D eigenvalue weighted by Gasteiger charge is 2.13. The van der Waals surface area contributed by atoms with Gasteiger partial charge in [0.05, 0.1) is 29.6 Å². The molecule has 18 heavy (non-hydrogen) atoms. The highest BCUT2D eigenvalue weighted by atomic mass is 79.9. The molecule has 0 unspecified atom stereocenters. The first-order chi connectivity index (χ1) is 8.56. The van der Waals surface area contributed by atoms with Crippen molar-refractivity contribution in [1.29, 1.82) is 0 Å². The first-order valence-corrected chi connectivity index (χ1v) is 6.86. The maximum absolute atomic E-state index is 11.9. The lowest BCUT2D eigenvalue weighted by molar-refractivity contribution is 0.0945. The first-order valence-electron chi connectivity index (χ1n) is 5.25. The Labute approximate surface area is 117 Å². The molecule has 2 rings (SSSR count). The number of rotatable bonds is 3. The molecule has 0 saturated carbocycles. The standard InChI is InChI=1S/C11H11BrN4OS/c1-6-10(16-7(2)18-6)11(17)15-4-8-3-14-9(12)5-13-8/h3,5H,4H2,1-2H3,(H,15,17). The van der Waals surface area contributed by atoms with Crippen molar-refractivity contribution in [1.82, 2.24) is 20.3 Å². The van der Waals surface area contributed by atoms with Crippen LogP contribution in [0.5, 0.6) is 0 Å². The molecule has 0 radical (unpaired) electrons. The summed E-state index contributed by atoms with van der Waals surface area (Å²) in [4.78, 5) is 25.2. The number of thiazole rings is 1. The van der Waals surface area contributed by atoms with E-state index in [2.05, 4.69) is 36.2 Å². The molecule has 1 N–H and O–H groups in total. The van der Waals surface area contributed by atoms with Crippen molar-refractivity contribution in [2.24, 2.45) is 0 Å². The van der Waals surface area contributed by atoms with E-state index in [0.717, 1.165) is 9.88 Å². The van der Waals surface area contributed by atoms with E-state index in [0.29, 0.717) is 22.5 Å². The number of carbonyl (C=O) groups is 1. The van der Waals surface area contributed by atoms with Crippen molar-refractivity contribution >= 4 is 33.2 Å². The van der Waals surface area contributed by atoms with Crippen LogP contribution in [0.3, 0.4) is 0 Å². The number of nitrogens with one attached hydrogen (secondary N) is 1. The molecule has 94 valence electrons. The van der Waals surface area contributed by atoms with E-state index in [1.165, 1.54) is 11.3 Å². The van der Waals surface area contributed by atoms with Crippen LogP contribution in [0, 0.1) is 13.8 Å². The maximum atomic E-state index is 11.9. The number of aromatic nitrogens is 3. The Kier molecular flexibility index (Phi) is 4.03. The Hall–Kier alpha value is -1.34. The first kappa shape index (κ1) is 13.1. The van der Waals surface area contributed by atoms with Crippen LogP contribution in [0.15, 0.2) is 17.0 Å². The van der Waals surface area contributed by atoms with E-state index < -0.39 is 0 Å². The molecule has 0 aliphatic heterocycles. The molecule has 5 nitrogen and oxygen atoms in total. The number of aryl methyl sites for hydroxylation is 2. The predicted octanol–water partition coefficient (Wildman–Crippen LogP) is 2.24. The van der Waals surface area contributed by atoms with E-state index >= 15 is 0 Å². The molecule has 0 saturated heterocycles. The van der Waals surface area contributed by atoms with Crippen LogP contribution >= 0.6 is 27.3 Å². The molecule has 0 bridgehead atoms. The number of nitrogens with zero attached hydrogens (tertiary/aromatic N) is 3. The van der Waals surface area contributed by atoms with Crippen LogP contribution in [0.4, 0.5) is 0 Å². The van der Waals surface area contributed by atoms with Gasteiger partial charge in [0, 0.05) is 4.88 Å². The lowest BCUT2D eigenvalue weighted by Gasteiger charge is -2.03. The summed E-state index contributed by atoms with van der Waals surface area (Å²) in [5.74, 6) is -0.179. The molecule has 0 aliphatic carbocycles. The fourth-order valence-electron chi connectivity index (χ4n) is 1.42. The number of hydrogen-bond donors (Lipinski definition) is 1. The van der Waals surface area contributed by atoms with E-state index in [9.17, 15) is 4.79 Å². The van der Waals surface area contributed by atoms with Crippen molar-refractivity contribution in [2.45, 2.75) is 20.4 Å². The molecule has 2 aromatic heterocycles. The summed E-state index contributed by atoms with van der Waals surface area (Å²) in [5, 5.41) is 3.67. The van der Waals surface area contributed by atoms with Gasteiger partial charge in [-0.2, -0.15) is 0 Å². The third-order valence-electron chi connectivity index (χ3n) is 2.22. The number of hydrogen-bond acceptors (Lipinski definition) is 5. The summed E-state index contributed by atoms with van der Waals surface area (Å²) in [6.45, 7) is 4.11. The fraction of sp³-hybridized carbons (Fsp3) is 0.273. The van der Waals surface area contributed by atoms with Gasteiger partial charge >= 0.3 is 0 Å². The van der Waals surface area contributed by atoms with Crippen molar-refractivity contribution in [3.05, 3.63) is 38.3 Å². The summed E-state index contributed by atoms with van der Waals surface area (Å²) < 4.78 is 0.670. The monoisotopic (exact) mass is 326 g/mol. The van der Waals surface area contributed by atoms with Gasteiger partial charge in [0.1, 0.15) is 10.3 Å². The van der Waals surface area contributed by atoms with Gasteiger partial charge in [-0.05, 0) is 29.8 Å². The Morgan fingerprint density at radius 3 is 2.72 bits per heavy atom. The normalized spacial score (nSPS) is 10.4. The Balaban J connectivity index is 2.00. The number of amides is 1. The zero-order valence-electron chi connectivity index (χ0n) is 9.90. The van der Waals surface area contributed by atoms with Crippen molar-refractivity contribution < 1.29 is 4.79 Å². The zero-order chi connectivity index (χ0) is 13.1. The molecule has 2 aromatic rings. The minimum Gasteiger partial charge on any atom is -0.345 e. The zero-order valence-corrected chi connectivity index (χ0v) is 12.3. The van der Waals surface area contributed by atoms with Gasteiger partial charge < -0.3 is 5.32 Å². The third-order valence-corrected chi connectivity index (χ3v) is 3.52. The van der Waals surface area contributed by atoms with Crippen LogP contribution in [0.25, 0.3) is 0 Å². The summed E-state index contributed by atoms with van der Waals surface area (Å²) in [6.07, 6.45) is 3.21. The average molecular weight is 327 g/mol. The van der Waals surface area contributed by atoms with E-state index in [1.54, 1.807) is 12.4 Å². The molecule has 0 aliphatic rings. The smallest absolute Gasteiger partial charge is 0.271 e. The largest absolute Gasteiger partial charge is 0.345 e. The van der Waals surface area contributed by atoms with Gasteiger partial charge in [0.15, 0.2) is 0 Å². The lowest BCUT2D eigenvalue weighted by atomic mass is 10.3. The highest BCUT2D eigenvalue weighted by molar-refractivity contribution is 9.10. The lowest BCUT2D eigenvalue weighted by Crippen LogP contribution is -2.24. The maximum Gasteiger partial charge on any atom is 0.271 e. The van der Waals surface area contributed by atoms with Crippen LogP contribution in [-0.2, 0) is 6.54 Å². The molecule has 0 fully saturated rings. The van der Waals surface area contributed by atoms with Crippen molar-refractivity contribution in [2.75, 3.05) is 0 Å². The van der Waals surface area contributed by atoms with Crippen LogP contribution in [-0.4, -0.2) is 20.9 Å². The van der Waals surface area contributed by atoms with E-state index in [4.69, 9.17) is 0 Å². The van der Waals surface area contributed by atoms with Gasteiger partial charge in [0.2, 0.25) is 0 Å². The molecule has 2 heterocycles. The Morgan fingerprint density at radius 1 is 1.39 bits per heavy atom. The third kappa shape index (κ3) is 3.11. The molecule has 0 aromatic carbocycles. The second-order valence-corrected chi connectivity index (χ2v) is 5.87. The minimum atomic E-state index is -0.179. The SMILES string of the molecule is Cc1nc(C(=O)NCc2cnc(Br)cn2)c(C)s1. The Bertz CT molecular complexity index is 567. The van der Waals surface area contributed by atoms with Crippen LogP contribution < -0.4 is 5.32 Å². The van der Waals surface area contributed by atoms with Gasteiger partial charge in [-0.25, -0.2) is 9.97 Å². The van der Waals surface area contributed by atoms with Gasteiger partial charge in [-0.1, -0.05) is 0 Å². The summed E-state index contributed by atoms with van der Waals surface area (Å²) >= 11 is 4.72. The van der Waals surface area contributed by atoms with Crippen molar-refractivity contribution in [3.8, 4) is 0 Å². The summed E-state index contributed by atoms with van der Waals surface area (Å²) in [7, 11) is 0. The Morgan fingerprint density at radius 2 is 2.17 bits per heavy atom. The highest BCUT2D eigenvalue weighted by Crippen LogP contribution is 2.16. The fourth-order valence-corrected chi connectivity index (χ4v) is 2.44. The summed E-state index contributed by atoms with van der Waals surface area (Å²) in [6, 6.07) is 0. The number of halogens is 1. The van der Waals surface area contributed by atoms with E-state index in [-0.39, 0.29) is 5.91 Å². The predicted molar refractivity (Wildman–Crippen MR) is 72.5 cm³/mol. The van der Waals surface area contributed by atoms with Gasteiger partial charge in [-0.15, -0.1) is 11.3 Å². The molecule has 7 heteroatoms. The van der Waals surface area contributed by atoms with Crippen LogP contribution in [0.2, 0.25) is 0 Å². The van der Waals surface area contributed by atoms with E-state index in [1.807, 2.05) is 13.8 Å². The minimum absolute atomic E-state index is 0.179. The molecular formula is C11H11BrN4OS. The number of carbonyl (C=O) groups excluding carboxylic acids is 1. The quantitative estimate of drug-likeness (QED) is 0.939. The van der Waals surface area contributed by atoms with Crippen molar-refractivity contribution in [3.63, 3.8) is 0 Å². The summed E-state index contributed by atoms with van der Waals surface area (Å²) in [5.41, 5.74) is 1.19. The van der Waals surface area contributed by atoms with Gasteiger partial charge in [-0.3, -0.25) is 9.78 Å². The molecular weight excluding hydrogens is 316 g/mol. The molecule has 0 spiro atoms. The van der Waals surface area contributed by atoms with Crippen LogP contribution in [0.1, 0.15) is 26.1 Å². The molecule has 0 atom stereocenters. The average Bonchev–Trinajstić information content (AvgIpc) is 2.67. The van der Waals surface area contributed by atoms with Gasteiger partial charge in [0.25, 0.3) is 5.91 Å². The second-order valence-electron chi connectivity index (χ2n) is 3.65. The molecule has 1 amide bonds. The topological polar surface area (TPSA) is 67.8 Å².